The maximum atomic E-state index is 12.2. The van der Waals surface area contributed by atoms with Gasteiger partial charge in [0.15, 0.2) is 0 Å². The van der Waals surface area contributed by atoms with Crippen molar-refractivity contribution in [2.45, 2.75) is 25.7 Å². The van der Waals surface area contributed by atoms with Crippen molar-refractivity contribution in [1.29, 1.82) is 0 Å². The Hall–Kier alpha value is -3.82. The number of rotatable bonds is 13. The van der Waals surface area contributed by atoms with E-state index in [9.17, 15) is 9.59 Å². The third-order valence-electron chi connectivity index (χ3n) is 6.44. The van der Waals surface area contributed by atoms with Gasteiger partial charge in [-0.2, -0.15) is 0 Å². The van der Waals surface area contributed by atoms with Crippen molar-refractivity contribution in [2.75, 3.05) is 19.4 Å². The van der Waals surface area contributed by atoms with Crippen molar-refractivity contribution in [1.82, 2.24) is 4.98 Å². The lowest BCUT2D eigenvalue weighted by molar-refractivity contribution is -0.144. The fourth-order valence-corrected chi connectivity index (χ4v) is 9.02. The Labute approximate surface area is 225 Å². The molecule has 6 heteroatoms. The molecule has 0 spiro atoms. The number of carbonyl (C=O) groups is 2. The minimum atomic E-state index is -1.84. The van der Waals surface area contributed by atoms with Crippen LogP contribution in [-0.4, -0.2) is 36.3 Å². The average Bonchev–Trinajstić information content (AvgIpc) is 2.99. The number of benzene rings is 3. The molecule has 0 bridgehead atoms. The minimum Gasteiger partial charge on any atom is -0.462 e. The summed E-state index contributed by atoms with van der Waals surface area (Å²) >= 11 is 0. The van der Waals surface area contributed by atoms with Gasteiger partial charge in [-0.1, -0.05) is 54.6 Å². The molecule has 194 valence electrons. The molecule has 0 atom stereocenters. The van der Waals surface area contributed by atoms with Crippen LogP contribution in [0.2, 0.25) is 0 Å². The third kappa shape index (κ3) is 7.14. The first-order valence-corrected chi connectivity index (χ1v) is 15.0. The smallest absolute Gasteiger partial charge is 0.339 e. The summed E-state index contributed by atoms with van der Waals surface area (Å²) in [4.78, 5) is 28.0. The van der Waals surface area contributed by atoms with Gasteiger partial charge in [0.1, 0.15) is 36.4 Å². The molecule has 0 fully saturated rings. The fraction of sp³-hybridized carbons (Fsp3) is 0.219. The summed E-state index contributed by atoms with van der Waals surface area (Å²) in [7, 11) is -1.84. The van der Waals surface area contributed by atoms with Gasteiger partial charge < -0.3 is 9.47 Å². The zero-order valence-electron chi connectivity index (χ0n) is 21.4. The molecule has 0 N–H and O–H groups in total. The van der Waals surface area contributed by atoms with Crippen molar-refractivity contribution in [3.63, 3.8) is 0 Å². The van der Waals surface area contributed by atoms with E-state index in [4.69, 9.17) is 9.47 Å². The molecule has 5 nitrogen and oxygen atoms in total. The average molecular weight is 527 g/mol. The van der Waals surface area contributed by atoms with E-state index in [1.54, 1.807) is 18.3 Å². The molecule has 1 aromatic heterocycles. The number of carbonyl (C=O) groups excluding carboxylic acids is 2. The summed E-state index contributed by atoms with van der Waals surface area (Å²) in [6.07, 6.45) is 7.10. The van der Waals surface area contributed by atoms with Gasteiger partial charge in [0, 0.05) is 18.8 Å². The summed E-state index contributed by atoms with van der Waals surface area (Å²) in [5.74, 6) is -0.742. The highest BCUT2D eigenvalue weighted by Gasteiger charge is 2.44. The Morgan fingerprint density at radius 2 is 1.18 bits per heavy atom. The van der Waals surface area contributed by atoms with Crippen molar-refractivity contribution in [2.24, 2.45) is 0 Å². The Kier molecular flexibility index (Phi) is 10.2. The van der Waals surface area contributed by atoms with E-state index in [1.165, 1.54) is 22.1 Å². The van der Waals surface area contributed by atoms with Crippen molar-refractivity contribution < 1.29 is 19.1 Å². The molecule has 0 saturated heterocycles. The molecule has 4 aromatic rings. The van der Waals surface area contributed by atoms with Crippen LogP contribution in [0.1, 0.15) is 36.0 Å². The van der Waals surface area contributed by atoms with Gasteiger partial charge in [-0.15, -0.1) is 0 Å². The zero-order chi connectivity index (χ0) is 26.5. The van der Waals surface area contributed by atoms with E-state index >= 15 is 0 Å². The summed E-state index contributed by atoms with van der Waals surface area (Å²) in [6.45, 7) is 0.0766. The standard InChI is InChI=1S/C32H33NO4P/c34-31(36-23-24-37-32(35)27-14-13-22-33-26-27)21-11-4-12-25-38(28-15-5-1-6-16-28,29-17-7-2-8-18-29)30-19-9-3-10-20-30/h1-3,5-10,13-20,22,26H,4,11-12,21,23-25H2/q+1. The highest BCUT2D eigenvalue weighted by molar-refractivity contribution is 7.95. The maximum absolute atomic E-state index is 12.2. The number of nitrogens with zero attached hydrogens (tertiary/aromatic N) is 1. The number of ether oxygens (including phenoxy) is 2. The van der Waals surface area contributed by atoms with Crippen molar-refractivity contribution >= 4 is 35.1 Å². The molecule has 38 heavy (non-hydrogen) atoms. The SMILES string of the molecule is O=C(CCCCC[P+](c1ccccc1)(c1ccccc1)c1ccccc1)OCCOC(=O)c1cccnc1. The van der Waals surface area contributed by atoms with Crippen LogP contribution in [0, 0.1) is 0 Å². The van der Waals surface area contributed by atoms with Gasteiger partial charge in [-0.3, -0.25) is 9.78 Å². The number of hydrogen-bond donors (Lipinski definition) is 0. The van der Waals surface area contributed by atoms with E-state index in [0.717, 1.165) is 25.4 Å². The summed E-state index contributed by atoms with van der Waals surface area (Å²) in [5, 5.41) is 4.12. The summed E-state index contributed by atoms with van der Waals surface area (Å²) < 4.78 is 10.4. The Balaban J connectivity index is 1.30. The Morgan fingerprint density at radius 3 is 1.71 bits per heavy atom. The minimum absolute atomic E-state index is 0.0255. The van der Waals surface area contributed by atoms with Crippen LogP contribution in [0.25, 0.3) is 0 Å². The molecule has 0 aliphatic carbocycles. The normalized spacial score (nSPS) is 11.1. The summed E-state index contributed by atoms with van der Waals surface area (Å²) in [6, 6.07) is 35.8. The molecule has 3 aromatic carbocycles. The maximum Gasteiger partial charge on any atom is 0.339 e. The number of unbranched alkanes of at least 4 members (excludes halogenated alkanes) is 2. The zero-order valence-corrected chi connectivity index (χ0v) is 22.3. The second kappa shape index (κ2) is 14.2. The predicted molar refractivity (Wildman–Crippen MR) is 154 cm³/mol. The molecule has 1 heterocycles. The van der Waals surface area contributed by atoms with E-state index in [0.29, 0.717) is 12.0 Å². The van der Waals surface area contributed by atoms with Gasteiger partial charge in [-0.25, -0.2) is 4.79 Å². The highest BCUT2D eigenvalue weighted by Crippen LogP contribution is 2.55. The van der Waals surface area contributed by atoms with Gasteiger partial charge in [0.25, 0.3) is 0 Å². The number of esters is 2. The van der Waals surface area contributed by atoms with Gasteiger partial charge in [-0.05, 0) is 67.8 Å². The van der Waals surface area contributed by atoms with Crippen LogP contribution >= 0.6 is 7.26 Å². The molecule has 0 radical (unpaired) electrons. The van der Waals surface area contributed by atoms with E-state index in [1.807, 2.05) is 0 Å². The second-order valence-electron chi connectivity index (χ2n) is 8.95. The summed E-state index contributed by atoms with van der Waals surface area (Å²) in [5.41, 5.74) is 0.374. The lowest BCUT2D eigenvalue weighted by Crippen LogP contribution is -2.33. The monoisotopic (exact) mass is 526 g/mol. The third-order valence-corrected chi connectivity index (χ3v) is 11.0. The lowest BCUT2D eigenvalue weighted by Gasteiger charge is -2.27. The number of aromatic nitrogens is 1. The molecular weight excluding hydrogens is 493 g/mol. The molecule has 0 aliphatic heterocycles. The van der Waals surface area contributed by atoms with Crippen molar-refractivity contribution in [3.8, 4) is 0 Å². The lowest BCUT2D eigenvalue weighted by atomic mass is 10.2. The second-order valence-corrected chi connectivity index (χ2v) is 12.6. The van der Waals surface area contributed by atoms with Gasteiger partial charge in [0.05, 0.1) is 11.7 Å². The quantitative estimate of drug-likeness (QED) is 0.134. The first-order valence-electron chi connectivity index (χ1n) is 13.0. The molecular formula is C32H33NO4P+. The Morgan fingerprint density at radius 1 is 0.632 bits per heavy atom. The van der Waals surface area contributed by atoms with Gasteiger partial charge >= 0.3 is 11.9 Å². The van der Waals surface area contributed by atoms with Crippen LogP contribution in [0.5, 0.6) is 0 Å². The Bertz CT molecular complexity index is 1170. The van der Waals surface area contributed by atoms with Crippen LogP contribution in [0.4, 0.5) is 0 Å². The molecule has 4 rings (SSSR count). The molecule has 0 unspecified atom stereocenters. The first kappa shape index (κ1) is 27.2. The van der Waals surface area contributed by atoms with Crippen molar-refractivity contribution in [3.05, 3.63) is 121 Å². The van der Waals surface area contributed by atoms with E-state index in [-0.39, 0.29) is 19.2 Å². The fourth-order valence-electron chi connectivity index (χ4n) is 4.61. The van der Waals surface area contributed by atoms with Crippen LogP contribution in [0.15, 0.2) is 116 Å². The number of hydrogen-bond acceptors (Lipinski definition) is 5. The molecule has 0 aliphatic rings. The predicted octanol–water partition coefficient (Wildman–Crippen LogP) is 5.34. The van der Waals surface area contributed by atoms with E-state index < -0.39 is 13.2 Å². The topological polar surface area (TPSA) is 65.5 Å². The molecule has 0 saturated carbocycles. The largest absolute Gasteiger partial charge is 0.462 e. The number of pyridine rings is 1. The van der Waals surface area contributed by atoms with Crippen LogP contribution in [-0.2, 0) is 14.3 Å². The van der Waals surface area contributed by atoms with Gasteiger partial charge in [0.2, 0.25) is 0 Å². The molecule has 0 amide bonds. The highest BCUT2D eigenvalue weighted by atomic mass is 31.2. The first-order chi connectivity index (χ1) is 18.7. The van der Waals surface area contributed by atoms with Crippen LogP contribution in [0.3, 0.4) is 0 Å². The van der Waals surface area contributed by atoms with E-state index in [2.05, 4.69) is 96.0 Å². The van der Waals surface area contributed by atoms with Crippen LogP contribution < -0.4 is 15.9 Å².